The number of sulfonamides is 1. The van der Waals surface area contributed by atoms with Crippen LogP contribution in [0.3, 0.4) is 0 Å². The van der Waals surface area contributed by atoms with E-state index in [-0.39, 0.29) is 23.4 Å². The van der Waals surface area contributed by atoms with Crippen molar-refractivity contribution in [2.45, 2.75) is 63.1 Å². The molecule has 0 heterocycles. The topological polar surface area (TPSA) is 96.0 Å². The van der Waals surface area contributed by atoms with Gasteiger partial charge in [-0.05, 0) is 80.8 Å². The van der Waals surface area contributed by atoms with Crippen LogP contribution in [0, 0.1) is 6.92 Å². The number of halogens is 1. The fourth-order valence-electron chi connectivity index (χ4n) is 4.92. The van der Waals surface area contributed by atoms with Crippen LogP contribution in [0.25, 0.3) is 0 Å². The summed E-state index contributed by atoms with van der Waals surface area (Å²) in [5.74, 6) is -0.137. The summed E-state index contributed by atoms with van der Waals surface area (Å²) in [5.41, 5.74) is 2.02. The van der Waals surface area contributed by atoms with Crippen LogP contribution in [0.1, 0.15) is 43.7 Å². The van der Waals surface area contributed by atoms with Gasteiger partial charge in [-0.2, -0.15) is 0 Å². The zero-order chi connectivity index (χ0) is 29.6. The van der Waals surface area contributed by atoms with Crippen molar-refractivity contribution in [2.75, 3.05) is 18.0 Å². The van der Waals surface area contributed by atoms with Gasteiger partial charge in [0.15, 0.2) is 0 Å². The third kappa shape index (κ3) is 7.68. The molecular formula is C31H36BrN3O5S. The van der Waals surface area contributed by atoms with Crippen LogP contribution < -0.4 is 14.4 Å². The lowest BCUT2D eigenvalue weighted by atomic mass is 10.1. The van der Waals surface area contributed by atoms with Crippen molar-refractivity contribution in [2.24, 2.45) is 0 Å². The molecule has 2 amide bonds. The van der Waals surface area contributed by atoms with Gasteiger partial charge in [0.2, 0.25) is 11.8 Å². The Hall–Kier alpha value is -3.37. The first-order chi connectivity index (χ1) is 19.6. The highest BCUT2D eigenvalue weighted by molar-refractivity contribution is 9.10. The van der Waals surface area contributed by atoms with Crippen molar-refractivity contribution in [3.8, 4) is 5.75 Å². The third-order valence-electron chi connectivity index (χ3n) is 7.36. The van der Waals surface area contributed by atoms with E-state index in [0.29, 0.717) is 11.4 Å². The van der Waals surface area contributed by atoms with Gasteiger partial charge in [0, 0.05) is 17.1 Å². The number of rotatable bonds is 11. The monoisotopic (exact) mass is 641 g/mol. The Bertz CT molecular complexity index is 1460. The maximum Gasteiger partial charge on any atom is 0.264 e. The van der Waals surface area contributed by atoms with Gasteiger partial charge in [0.1, 0.15) is 18.3 Å². The quantitative estimate of drug-likeness (QED) is 0.301. The molecule has 1 fully saturated rings. The molecule has 0 radical (unpaired) electrons. The lowest BCUT2D eigenvalue weighted by molar-refractivity contribution is -0.139. The molecule has 3 aromatic carbocycles. The lowest BCUT2D eigenvalue weighted by Crippen LogP contribution is -2.52. The fourth-order valence-corrected chi connectivity index (χ4v) is 6.59. The summed E-state index contributed by atoms with van der Waals surface area (Å²) in [6.07, 6.45) is 3.94. The number of carbonyl (C=O) groups is 2. The molecule has 218 valence electrons. The Balaban J connectivity index is 1.68. The number of anilines is 1. The van der Waals surface area contributed by atoms with Gasteiger partial charge in [-0.3, -0.25) is 13.9 Å². The molecule has 0 bridgehead atoms. The number of methoxy groups -OCH3 is 1. The van der Waals surface area contributed by atoms with E-state index >= 15 is 0 Å². The van der Waals surface area contributed by atoms with Gasteiger partial charge < -0.3 is 15.0 Å². The number of aryl methyl sites for hydroxylation is 1. The van der Waals surface area contributed by atoms with E-state index in [1.807, 2.05) is 19.1 Å². The molecular weight excluding hydrogens is 606 g/mol. The number of ether oxygens (including phenoxy) is 1. The summed E-state index contributed by atoms with van der Waals surface area (Å²) in [4.78, 5) is 28.9. The molecule has 1 saturated carbocycles. The Morgan fingerprint density at radius 1 is 1.02 bits per heavy atom. The Kier molecular flexibility index (Phi) is 10.1. The van der Waals surface area contributed by atoms with Crippen molar-refractivity contribution in [3.63, 3.8) is 0 Å². The summed E-state index contributed by atoms with van der Waals surface area (Å²) in [5, 5.41) is 3.08. The first-order valence-electron chi connectivity index (χ1n) is 13.7. The Morgan fingerprint density at radius 3 is 2.32 bits per heavy atom. The van der Waals surface area contributed by atoms with Crippen molar-refractivity contribution in [1.29, 1.82) is 0 Å². The smallest absolute Gasteiger partial charge is 0.264 e. The summed E-state index contributed by atoms with van der Waals surface area (Å²) in [6.45, 7) is 3.18. The average Bonchev–Trinajstić information content (AvgIpc) is 3.48. The minimum Gasteiger partial charge on any atom is -0.497 e. The lowest BCUT2D eigenvalue weighted by Gasteiger charge is -2.32. The summed E-state index contributed by atoms with van der Waals surface area (Å²) < 4.78 is 35.1. The van der Waals surface area contributed by atoms with E-state index in [4.69, 9.17) is 4.74 Å². The number of hydrogen-bond acceptors (Lipinski definition) is 5. The predicted molar refractivity (Wildman–Crippen MR) is 163 cm³/mol. The number of carbonyl (C=O) groups excluding carboxylic acids is 2. The number of nitrogens with one attached hydrogen (secondary N) is 1. The van der Waals surface area contributed by atoms with E-state index < -0.39 is 28.5 Å². The van der Waals surface area contributed by atoms with Crippen LogP contribution in [0.2, 0.25) is 0 Å². The van der Waals surface area contributed by atoms with Gasteiger partial charge in [0.25, 0.3) is 10.0 Å². The molecule has 0 unspecified atom stereocenters. The van der Waals surface area contributed by atoms with Gasteiger partial charge in [-0.15, -0.1) is 0 Å². The maximum atomic E-state index is 14.1. The third-order valence-corrected chi connectivity index (χ3v) is 9.68. The average molecular weight is 643 g/mol. The van der Waals surface area contributed by atoms with Gasteiger partial charge in [0.05, 0.1) is 17.7 Å². The minimum atomic E-state index is -4.11. The highest BCUT2D eigenvalue weighted by atomic mass is 79.9. The fraction of sp³-hybridized carbons (Fsp3) is 0.355. The highest BCUT2D eigenvalue weighted by Crippen LogP contribution is 2.27. The second-order valence-electron chi connectivity index (χ2n) is 10.3. The van der Waals surface area contributed by atoms with Crippen molar-refractivity contribution in [1.82, 2.24) is 10.2 Å². The Labute approximate surface area is 250 Å². The first-order valence-corrected chi connectivity index (χ1v) is 15.9. The summed E-state index contributed by atoms with van der Waals surface area (Å²) in [6, 6.07) is 19.8. The molecule has 41 heavy (non-hydrogen) atoms. The number of amides is 2. The van der Waals surface area contributed by atoms with Crippen LogP contribution in [0.4, 0.5) is 5.69 Å². The first kappa shape index (κ1) is 30.6. The largest absolute Gasteiger partial charge is 0.497 e. The maximum absolute atomic E-state index is 14.1. The van der Waals surface area contributed by atoms with Crippen LogP contribution in [-0.2, 0) is 26.2 Å². The van der Waals surface area contributed by atoms with Gasteiger partial charge in [-0.25, -0.2) is 8.42 Å². The van der Waals surface area contributed by atoms with Crippen LogP contribution in [0.15, 0.2) is 82.2 Å². The van der Waals surface area contributed by atoms with Gasteiger partial charge in [-0.1, -0.05) is 58.6 Å². The second-order valence-corrected chi connectivity index (χ2v) is 13.1. The molecule has 0 aliphatic heterocycles. The van der Waals surface area contributed by atoms with Crippen LogP contribution in [0.5, 0.6) is 5.75 Å². The summed E-state index contributed by atoms with van der Waals surface area (Å²) in [7, 11) is -2.55. The van der Waals surface area contributed by atoms with Crippen LogP contribution >= 0.6 is 15.9 Å². The molecule has 0 aromatic heterocycles. The van der Waals surface area contributed by atoms with E-state index in [1.165, 1.54) is 17.0 Å². The molecule has 4 rings (SSSR count). The summed E-state index contributed by atoms with van der Waals surface area (Å²) >= 11 is 3.39. The van der Waals surface area contributed by atoms with E-state index in [2.05, 4.69) is 21.2 Å². The van der Waals surface area contributed by atoms with Crippen molar-refractivity contribution < 1.29 is 22.7 Å². The molecule has 3 aromatic rings. The SMILES string of the molecule is COc1cccc(CN(C(=O)CN(c2ccc(Br)cc2)S(=O)(=O)c2ccc(C)cc2)[C@H](C)C(=O)NC2CCCC2)c1. The predicted octanol–water partition coefficient (Wildman–Crippen LogP) is 5.44. The molecule has 1 N–H and O–H groups in total. The molecule has 1 aliphatic rings. The molecule has 10 heteroatoms. The van der Waals surface area contributed by atoms with Crippen LogP contribution in [-0.4, -0.2) is 50.9 Å². The highest BCUT2D eigenvalue weighted by Gasteiger charge is 2.33. The number of benzene rings is 3. The van der Waals surface area contributed by atoms with Gasteiger partial charge >= 0.3 is 0 Å². The molecule has 0 saturated heterocycles. The molecule has 0 spiro atoms. The van der Waals surface area contributed by atoms with E-state index in [0.717, 1.165) is 45.6 Å². The number of nitrogens with zero attached hydrogens (tertiary/aromatic N) is 2. The van der Waals surface area contributed by atoms with E-state index in [9.17, 15) is 18.0 Å². The molecule has 1 atom stereocenters. The minimum absolute atomic E-state index is 0.0742. The van der Waals surface area contributed by atoms with Crippen molar-refractivity contribution in [3.05, 3.63) is 88.4 Å². The second kappa shape index (κ2) is 13.5. The molecule has 8 nitrogen and oxygen atoms in total. The van der Waals surface area contributed by atoms with E-state index in [1.54, 1.807) is 62.6 Å². The Morgan fingerprint density at radius 2 is 1.68 bits per heavy atom. The standard InChI is InChI=1S/C31H36BrN3O5S/c1-22-11-17-29(18-12-22)41(38,39)35(27-15-13-25(32)14-16-27)21-30(36)34(20-24-7-6-10-28(19-24)40-3)23(2)31(37)33-26-8-4-5-9-26/h6-7,10-19,23,26H,4-5,8-9,20-21H2,1-3H3,(H,33,37)/t23-/m1/s1. The normalized spacial score (nSPS) is 14.3. The number of hydrogen-bond donors (Lipinski definition) is 1. The zero-order valence-electron chi connectivity index (χ0n) is 23.5. The zero-order valence-corrected chi connectivity index (χ0v) is 25.9. The molecule has 1 aliphatic carbocycles. The van der Waals surface area contributed by atoms with Crippen molar-refractivity contribution >= 4 is 43.5 Å².